The van der Waals surface area contributed by atoms with E-state index in [0.29, 0.717) is 18.7 Å². The zero-order chi connectivity index (χ0) is 18.0. The van der Waals surface area contributed by atoms with Crippen LogP contribution >= 0.6 is 11.6 Å². The summed E-state index contributed by atoms with van der Waals surface area (Å²) in [5.74, 6) is -0.0863. The molecule has 7 heteroatoms. The molecule has 0 bridgehead atoms. The van der Waals surface area contributed by atoms with Crippen LogP contribution in [-0.2, 0) is 0 Å². The summed E-state index contributed by atoms with van der Waals surface area (Å²) in [5, 5.41) is 11.4. The van der Waals surface area contributed by atoms with Crippen LogP contribution in [0.2, 0.25) is 5.02 Å². The van der Waals surface area contributed by atoms with Crippen LogP contribution in [0.1, 0.15) is 15.9 Å². The van der Waals surface area contributed by atoms with Crippen molar-refractivity contribution in [2.45, 2.75) is 6.92 Å². The maximum Gasteiger partial charge on any atom is 0.269 e. The topological polar surface area (TPSA) is 67.9 Å². The number of hydrogen-bond donors (Lipinski definition) is 1. The Morgan fingerprint density at radius 2 is 1.80 bits per heavy atom. The molecule has 0 saturated carbocycles. The molecule has 1 amide bonds. The third-order valence-electron chi connectivity index (χ3n) is 4.56. The minimum atomic E-state index is -0.469. The fourth-order valence-corrected chi connectivity index (χ4v) is 3.30. The van der Waals surface area contributed by atoms with Crippen LogP contribution < -0.4 is 4.90 Å². The number of non-ortho nitro benzene ring substituents is 1. The van der Waals surface area contributed by atoms with Gasteiger partial charge in [-0.05, 0) is 25.1 Å². The predicted octanol–water partition coefficient (Wildman–Crippen LogP) is 2.23. The summed E-state index contributed by atoms with van der Waals surface area (Å²) in [5.41, 5.74) is 2.83. The first-order chi connectivity index (χ1) is 12.0. The molecule has 1 aliphatic heterocycles. The van der Waals surface area contributed by atoms with Gasteiger partial charge in [0.15, 0.2) is 0 Å². The van der Waals surface area contributed by atoms with E-state index >= 15 is 0 Å². The first-order valence-electron chi connectivity index (χ1n) is 8.10. The van der Waals surface area contributed by atoms with Gasteiger partial charge < -0.3 is 4.90 Å². The Hall–Kier alpha value is -2.44. The number of carbonyl (C=O) groups is 1. The van der Waals surface area contributed by atoms with Gasteiger partial charge in [0.2, 0.25) is 0 Å². The number of piperazine rings is 1. The number of nitrogens with zero attached hydrogens (tertiary/aromatic N) is 2. The number of amides is 1. The molecule has 0 aliphatic carbocycles. The summed E-state index contributed by atoms with van der Waals surface area (Å²) >= 11 is 6.10. The van der Waals surface area contributed by atoms with Crippen molar-refractivity contribution in [1.29, 1.82) is 0 Å². The number of halogens is 1. The van der Waals surface area contributed by atoms with Gasteiger partial charge in [-0.3, -0.25) is 19.8 Å². The third kappa shape index (κ3) is 3.81. The Morgan fingerprint density at radius 1 is 1.16 bits per heavy atom. The summed E-state index contributed by atoms with van der Waals surface area (Å²) in [7, 11) is 0. The van der Waals surface area contributed by atoms with Gasteiger partial charge in [-0.15, -0.1) is 0 Å². The fraction of sp³-hybridized carbons (Fsp3) is 0.278. The smallest absolute Gasteiger partial charge is 0.269 e. The van der Waals surface area contributed by atoms with Crippen molar-refractivity contribution >= 4 is 28.9 Å². The van der Waals surface area contributed by atoms with E-state index < -0.39 is 4.92 Å². The number of aryl methyl sites for hydroxylation is 1. The number of nitrogens with one attached hydrogen (secondary N) is 1. The first-order valence-corrected chi connectivity index (χ1v) is 8.48. The van der Waals surface area contributed by atoms with Crippen LogP contribution in [0.5, 0.6) is 0 Å². The summed E-state index contributed by atoms with van der Waals surface area (Å²) in [6.07, 6.45) is 0. The van der Waals surface area contributed by atoms with Gasteiger partial charge in [-0.2, -0.15) is 0 Å². The Morgan fingerprint density at radius 3 is 2.40 bits per heavy atom. The quantitative estimate of drug-likeness (QED) is 0.674. The fourth-order valence-electron chi connectivity index (χ4n) is 3.13. The van der Waals surface area contributed by atoms with Crippen LogP contribution in [0.25, 0.3) is 0 Å². The van der Waals surface area contributed by atoms with Crippen LogP contribution in [-0.4, -0.2) is 41.9 Å². The van der Waals surface area contributed by atoms with Crippen molar-refractivity contribution in [1.82, 2.24) is 4.90 Å². The van der Waals surface area contributed by atoms with E-state index in [1.807, 2.05) is 18.2 Å². The number of nitro groups is 1. The van der Waals surface area contributed by atoms with Gasteiger partial charge in [0.1, 0.15) is 5.69 Å². The van der Waals surface area contributed by atoms with Crippen LogP contribution in [0.4, 0.5) is 11.4 Å². The van der Waals surface area contributed by atoms with Crippen molar-refractivity contribution in [2.24, 2.45) is 0 Å². The highest BCUT2D eigenvalue weighted by Crippen LogP contribution is 2.18. The van der Waals surface area contributed by atoms with Crippen molar-refractivity contribution in [3.05, 3.63) is 68.7 Å². The van der Waals surface area contributed by atoms with E-state index in [0.717, 1.165) is 18.1 Å². The van der Waals surface area contributed by atoms with Crippen LogP contribution in [0.15, 0.2) is 42.5 Å². The highest BCUT2D eigenvalue weighted by atomic mass is 35.5. The van der Waals surface area contributed by atoms with Gasteiger partial charge in [0, 0.05) is 34.3 Å². The molecule has 1 fully saturated rings. The average Bonchev–Trinajstić information content (AvgIpc) is 2.63. The van der Waals surface area contributed by atoms with Crippen molar-refractivity contribution in [3.63, 3.8) is 0 Å². The maximum absolute atomic E-state index is 12.6. The molecule has 2 aromatic rings. The SMILES string of the molecule is Cc1ccc(Cl)cc1[NH+]1CCN(C(=O)c2ccc([N+](=O)[O-])cc2)CC1. The van der Waals surface area contributed by atoms with Crippen LogP contribution in [0.3, 0.4) is 0 Å². The van der Waals surface area contributed by atoms with Gasteiger partial charge in [0.25, 0.3) is 11.6 Å². The Balaban J connectivity index is 1.66. The number of quaternary nitrogens is 1. The molecule has 1 heterocycles. The minimum Gasteiger partial charge on any atom is -0.327 e. The van der Waals surface area contributed by atoms with Crippen molar-refractivity contribution < 1.29 is 14.6 Å². The lowest BCUT2D eigenvalue weighted by atomic mass is 10.1. The average molecular weight is 361 g/mol. The summed E-state index contributed by atoms with van der Waals surface area (Å²) < 4.78 is 0. The number of benzene rings is 2. The molecule has 0 radical (unpaired) electrons. The van der Waals surface area contributed by atoms with Crippen LogP contribution in [0, 0.1) is 17.0 Å². The van der Waals surface area contributed by atoms with E-state index in [1.54, 1.807) is 4.90 Å². The maximum atomic E-state index is 12.6. The number of hydrogen-bond acceptors (Lipinski definition) is 3. The molecule has 2 aromatic carbocycles. The molecule has 6 nitrogen and oxygen atoms in total. The van der Waals surface area contributed by atoms with Crippen molar-refractivity contribution in [3.8, 4) is 0 Å². The lowest BCUT2D eigenvalue weighted by Gasteiger charge is -2.32. The molecule has 1 N–H and O–H groups in total. The Kier molecular flexibility index (Phi) is 5.01. The van der Waals surface area contributed by atoms with Gasteiger partial charge in [-0.1, -0.05) is 17.7 Å². The second-order valence-corrected chi connectivity index (χ2v) is 6.60. The monoisotopic (exact) mass is 360 g/mol. The first kappa shape index (κ1) is 17.4. The summed E-state index contributed by atoms with van der Waals surface area (Å²) in [4.78, 5) is 25.9. The second-order valence-electron chi connectivity index (χ2n) is 6.16. The highest BCUT2D eigenvalue weighted by Gasteiger charge is 2.27. The molecule has 1 aliphatic rings. The lowest BCUT2D eigenvalue weighted by Crippen LogP contribution is -3.10. The predicted molar refractivity (Wildman–Crippen MR) is 95.5 cm³/mol. The zero-order valence-electron chi connectivity index (χ0n) is 13.9. The molecule has 0 unspecified atom stereocenters. The molecule has 0 spiro atoms. The van der Waals surface area contributed by atoms with E-state index in [1.165, 1.54) is 40.4 Å². The second kappa shape index (κ2) is 7.21. The van der Waals surface area contributed by atoms with Gasteiger partial charge >= 0.3 is 0 Å². The van der Waals surface area contributed by atoms with Crippen molar-refractivity contribution in [2.75, 3.05) is 26.2 Å². The number of carbonyl (C=O) groups excluding carboxylic acids is 1. The molecular weight excluding hydrogens is 342 g/mol. The largest absolute Gasteiger partial charge is 0.327 e. The molecule has 0 aromatic heterocycles. The zero-order valence-corrected chi connectivity index (χ0v) is 14.6. The highest BCUT2D eigenvalue weighted by molar-refractivity contribution is 6.30. The summed E-state index contributed by atoms with van der Waals surface area (Å²) in [6.45, 7) is 4.95. The standard InChI is InChI=1S/C18H18ClN3O3/c1-13-2-5-15(19)12-17(13)20-8-10-21(11-9-20)18(23)14-3-6-16(7-4-14)22(24)25/h2-7,12H,8-11H2,1H3/p+1. The minimum absolute atomic E-state index is 0.0118. The number of nitro benzene ring substituents is 1. The lowest BCUT2D eigenvalue weighted by molar-refractivity contribution is -0.837. The molecule has 1 saturated heterocycles. The van der Waals surface area contributed by atoms with E-state index in [9.17, 15) is 14.9 Å². The Labute approximate surface area is 150 Å². The number of rotatable bonds is 3. The van der Waals surface area contributed by atoms with Gasteiger partial charge in [-0.25, -0.2) is 0 Å². The molecular formula is C18H19ClN3O3+. The van der Waals surface area contributed by atoms with E-state index in [-0.39, 0.29) is 11.6 Å². The summed E-state index contributed by atoms with van der Waals surface area (Å²) in [6, 6.07) is 11.6. The van der Waals surface area contributed by atoms with E-state index in [4.69, 9.17) is 11.6 Å². The van der Waals surface area contributed by atoms with Gasteiger partial charge in [0.05, 0.1) is 31.1 Å². The molecule has 25 heavy (non-hydrogen) atoms. The molecule has 130 valence electrons. The molecule has 0 atom stereocenters. The third-order valence-corrected chi connectivity index (χ3v) is 4.79. The molecule has 3 rings (SSSR count). The Bertz CT molecular complexity index is 800. The normalized spacial score (nSPS) is 15.2. The van der Waals surface area contributed by atoms with E-state index in [2.05, 4.69) is 6.92 Å².